The predicted molar refractivity (Wildman–Crippen MR) is 77.9 cm³/mol. The van der Waals surface area contributed by atoms with E-state index in [4.69, 9.17) is 4.74 Å². The highest BCUT2D eigenvalue weighted by Gasteiger charge is 2.17. The van der Waals surface area contributed by atoms with Gasteiger partial charge < -0.3 is 4.74 Å². The van der Waals surface area contributed by atoms with Crippen molar-refractivity contribution in [1.29, 1.82) is 0 Å². The fourth-order valence-corrected chi connectivity index (χ4v) is 2.02. The molecular formula is C15H14FN5O. The van der Waals surface area contributed by atoms with Crippen molar-refractivity contribution >= 4 is 0 Å². The van der Waals surface area contributed by atoms with Crippen molar-refractivity contribution in [3.63, 3.8) is 0 Å². The van der Waals surface area contributed by atoms with Crippen LogP contribution in [0.3, 0.4) is 0 Å². The summed E-state index contributed by atoms with van der Waals surface area (Å²) >= 11 is 0. The van der Waals surface area contributed by atoms with E-state index < -0.39 is 0 Å². The number of benzene rings is 1. The Balaban J connectivity index is 2.07. The van der Waals surface area contributed by atoms with E-state index in [1.165, 1.54) is 24.5 Å². The summed E-state index contributed by atoms with van der Waals surface area (Å²) in [6.45, 7) is 3.94. The van der Waals surface area contributed by atoms with Gasteiger partial charge in [-0.15, -0.1) is 0 Å². The zero-order chi connectivity index (χ0) is 15.5. The molecule has 3 aromatic rings. The lowest BCUT2D eigenvalue weighted by atomic mass is 10.1. The Kier molecular flexibility index (Phi) is 3.78. The van der Waals surface area contributed by atoms with Crippen LogP contribution in [-0.4, -0.2) is 24.7 Å². The highest BCUT2D eigenvalue weighted by atomic mass is 19.1. The molecule has 0 aliphatic heterocycles. The molecule has 0 amide bonds. The summed E-state index contributed by atoms with van der Waals surface area (Å²) < 4.78 is 21.0. The van der Waals surface area contributed by atoms with E-state index in [0.717, 1.165) is 0 Å². The second-order valence-electron chi connectivity index (χ2n) is 4.90. The highest BCUT2D eigenvalue weighted by Crippen LogP contribution is 2.32. The quantitative estimate of drug-likeness (QED) is 0.740. The van der Waals surface area contributed by atoms with Gasteiger partial charge in [-0.25, -0.2) is 24.0 Å². The maximum Gasteiger partial charge on any atom is 0.321 e. The summed E-state index contributed by atoms with van der Waals surface area (Å²) in [6.07, 6.45) is 4.58. The Morgan fingerprint density at radius 2 is 1.91 bits per heavy atom. The Labute approximate surface area is 126 Å². The van der Waals surface area contributed by atoms with Crippen LogP contribution in [0.5, 0.6) is 11.8 Å². The standard InChI is InChI=1S/C15H14FN5O/c1-10(2)21-14(19-9-20-21)12-8-11(16)4-5-13(12)22-15-17-6-3-7-18-15/h3-10H,1-2H3. The van der Waals surface area contributed by atoms with Gasteiger partial charge in [0.15, 0.2) is 5.82 Å². The lowest BCUT2D eigenvalue weighted by Gasteiger charge is -2.12. The van der Waals surface area contributed by atoms with Crippen LogP contribution < -0.4 is 4.74 Å². The van der Waals surface area contributed by atoms with Crippen LogP contribution in [-0.2, 0) is 0 Å². The predicted octanol–water partition coefficient (Wildman–Crippen LogP) is 3.25. The van der Waals surface area contributed by atoms with Crippen LogP contribution in [0.25, 0.3) is 11.4 Å². The summed E-state index contributed by atoms with van der Waals surface area (Å²) in [5, 5.41) is 4.17. The number of aromatic nitrogens is 5. The number of hydrogen-bond acceptors (Lipinski definition) is 5. The molecule has 0 fully saturated rings. The molecule has 0 radical (unpaired) electrons. The molecule has 0 bridgehead atoms. The van der Waals surface area contributed by atoms with Crippen LogP contribution in [0.1, 0.15) is 19.9 Å². The Morgan fingerprint density at radius 1 is 1.14 bits per heavy atom. The monoisotopic (exact) mass is 299 g/mol. The molecule has 3 rings (SSSR count). The first kappa shape index (κ1) is 14.1. The fraction of sp³-hybridized carbons (Fsp3) is 0.200. The summed E-state index contributed by atoms with van der Waals surface area (Å²) in [7, 11) is 0. The van der Waals surface area contributed by atoms with Crippen LogP contribution in [0.2, 0.25) is 0 Å². The lowest BCUT2D eigenvalue weighted by molar-refractivity contribution is 0.440. The van der Waals surface area contributed by atoms with Gasteiger partial charge in [0, 0.05) is 18.4 Å². The maximum atomic E-state index is 13.7. The molecule has 0 aliphatic carbocycles. The molecule has 0 saturated heterocycles. The molecule has 2 heterocycles. The van der Waals surface area contributed by atoms with Crippen molar-refractivity contribution in [2.24, 2.45) is 0 Å². The summed E-state index contributed by atoms with van der Waals surface area (Å²) in [5.74, 6) is 0.567. The molecule has 22 heavy (non-hydrogen) atoms. The molecule has 6 nitrogen and oxygen atoms in total. The number of hydrogen-bond donors (Lipinski definition) is 0. The van der Waals surface area contributed by atoms with Gasteiger partial charge in [0.25, 0.3) is 0 Å². The van der Waals surface area contributed by atoms with Crippen molar-refractivity contribution in [1.82, 2.24) is 24.7 Å². The van der Waals surface area contributed by atoms with Gasteiger partial charge in [-0.1, -0.05) is 0 Å². The third-order valence-electron chi connectivity index (χ3n) is 2.99. The number of rotatable bonds is 4. The third kappa shape index (κ3) is 2.78. The second-order valence-corrected chi connectivity index (χ2v) is 4.90. The van der Waals surface area contributed by atoms with Crippen LogP contribution in [0, 0.1) is 5.82 Å². The van der Waals surface area contributed by atoms with Crippen molar-refractivity contribution in [3.05, 3.63) is 48.8 Å². The largest absolute Gasteiger partial charge is 0.424 e. The number of halogens is 1. The van der Waals surface area contributed by atoms with E-state index >= 15 is 0 Å². The van der Waals surface area contributed by atoms with Crippen molar-refractivity contribution in [3.8, 4) is 23.1 Å². The molecule has 2 aromatic heterocycles. The SMILES string of the molecule is CC(C)n1ncnc1-c1cc(F)ccc1Oc1ncccn1. The van der Waals surface area contributed by atoms with E-state index in [0.29, 0.717) is 17.1 Å². The third-order valence-corrected chi connectivity index (χ3v) is 2.99. The van der Waals surface area contributed by atoms with E-state index in [1.54, 1.807) is 23.1 Å². The Morgan fingerprint density at radius 3 is 2.64 bits per heavy atom. The average Bonchev–Trinajstić information content (AvgIpc) is 3.00. The lowest BCUT2D eigenvalue weighted by Crippen LogP contribution is -2.06. The number of nitrogens with zero attached hydrogens (tertiary/aromatic N) is 5. The first-order chi connectivity index (χ1) is 10.6. The van der Waals surface area contributed by atoms with Crippen LogP contribution in [0.4, 0.5) is 4.39 Å². The topological polar surface area (TPSA) is 65.7 Å². The molecule has 1 aromatic carbocycles. The van der Waals surface area contributed by atoms with E-state index in [9.17, 15) is 4.39 Å². The fourth-order valence-electron chi connectivity index (χ4n) is 2.02. The van der Waals surface area contributed by atoms with Gasteiger partial charge in [-0.05, 0) is 38.1 Å². The van der Waals surface area contributed by atoms with Crippen LogP contribution in [0.15, 0.2) is 43.0 Å². The molecule has 7 heteroatoms. The van der Waals surface area contributed by atoms with Crippen molar-refractivity contribution < 1.29 is 9.13 Å². The highest BCUT2D eigenvalue weighted by molar-refractivity contribution is 5.64. The molecule has 0 atom stereocenters. The van der Waals surface area contributed by atoms with Gasteiger partial charge in [-0.2, -0.15) is 5.10 Å². The molecule has 0 spiro atoms. The summed E-state index contributed by atoms with van der Waals surface area (Å²) in [5.41, 5.74) is 0.499. The first-order valence-corrected chi connectivity index (χ1v) is 6.79. The molecule has 112 valence electrons. The zero-order valence-electron chi connectivity index (χ0n) is 12.1. The number of ether oxygens (including phenoxy) is 1. The van der Waals surface area contributed by atoms with E-state index in [1.807, 2.05) is 13.8 Å². The van der Waals surface area contributed by atoms with Crippen LogP contribution >= 0.6 is 0 Å². The maximum absolute atomic E-state index is 13.7. The second kappa shape index (κ2) is 5.88. The minimum absolute atomic E-state index is 0.0848. The molecule has 0 unspecified atom stereocenters. The van der Waals surface area contributed by atoms with Gasteiger partial charge in [0.1, 0.15) is 17.9 Å². The minimum Gasteiger partial charge on any atom is -0.424 e. The van der Waals surface area contributed by atoms with Gasteiger partial charge >= 0.3 is 6.01 Å². The molecular weight excluding hydrogens is 285 g/mol. The molecule has 0 N–H and O–H groups in total. The van der Waals surface area contributed by atoms with E-state index in [-0.39, 0.29) is 17.9 Å². The normalized spacial score (nSPS) is 10.9. The average molecular weight is 299 g/mol. The zero-order valence-corrected chi connectivity index (χ0v) is 12.1. The molecule has 0 saturated carbocycles. The van der Waals surface area contributed by atoms with Crippen molar-refractivity contribution in [2.45, 2.75) is 19.9 Å². The summed E-state index contributed by atoms with van der Waals surface area (Å²) in [4.78, 5) is 12.2. The van der Waals surface area contributed by atoms with Crippen molar-refractivity contribution in [2.75, 3.05) is 0 Å². The van der Waals surface area contributed by atoms with E-state index in [2.05, 4.69) is 20.1 Å². The Hall–Kier alpha value is -2.83. The smallest absolute Gasteiger partial charge is 0.321 e. The Bertz CT molecular complexity index is 773. The first-order valence-electron chi connectivity index (χ1n) is 6.79. The van der Waals surface area contributed by atoms with Gasteiger partial charge in [-0.3, -0.25) is 0 Å². The summed E-state index contributed by atoms with van der Waals surface area (Å²) in [6, 6.07) is 6.17. The molecule has 0 aliphatic rings. The van der Waals surface area contributed by atoms with Gasteiger partial charge in [0.2, 0.25) is 0 Å². The minimum atomic E-state index is -0.380. The van der Waals surface area contributed by atoms with Gasteiger partial charge in [0.05, 0.1) is 5.56 Å².